The molecule has 0 aliphatic heterocycles. The van der Waals surface area contributed by atoms with Crippen molar-refractivity contribution >= 4 is 11.5 Å². The summed E-state index contributed by atoms with van der Waals surface area (Å²) in [7, 11) is 0. The maximum atomic E-state index is 15.2. The summed E-state index contributed by atoms with van der Waals surface area (Å²) < 4.78 is 21.2. The third kappa shape index (κ3) is 5.21. The molecule has 0 spiro atoms. The second kappa shape index (κ2) is 9.20. The summed E-state index contributed by atoms with van der Waals surface area (Å²) in [6, 6.07) is 4.23. The highest BCUT2D eigenvalue weighted by atomic mass is 19.1. The Morgan fingerprint density at radius 3 is 2.17 bits per heavy atom. The maximum Gasteiger partial charge on any atom is 0.328 e. The van der Waals surface area contributed by atoms with Crippen molar-refractivity contribution in [3.05, 3.63) is 58.5 Å². The Labute approximate surface area is 180 Å². The van der Waals surface area contributed by atoms with Crippen LogP contribution in [-0.4, -0.2) is 17.7 Å². The quantitative estimate of drug-likeness (QED) is 0.382. The smallest absolute Gasteiger partial charge is 0.328 e. The van der Waals surface area contributed by atoms with Gasteiger partial charge in [-0.25, -0.2) is 9.18 Å². The molecule has 164 valence electrons. The van der Waals surface area contributed by atoms with Crippen molar-refractivity contribution in [2.45, 2.75) is 78.6 Å². The topological polar surface area (TPSA) is 46.5 Å². The van der Waals surface area contributed by atoms with Gasteiger partial charge in [0.15, 0.2) is 0 Å². The van der Waals surface area contributed by atoms with Gasteiger partial charge in [0.1, 0.15) is 11.6 Å². The number of carboxylic acid groups (broad SMARTS) is 1. The summed E-state index contributed by atoms with van der Waals surface area (Å²) in [4.78, 5) is 10.8. The van der Waals surface area contributed by atoms with Gasteiger partial charge in [-0.2, -0.15) is 0 Å². The van der Waals surface area contributed by atoms with Crippen LogP contribution in [0, 0.1) is 0 Å². The Kier molecular flexibility index (Phi) is 7.33. The highest BCUT2D eigenvalue weighted by Gasteiger charge is 2.38. The third-order valence-corrected chi connectivity index (χ3v) is 6.06. The molecule has 0 unspecified atom stereocenters. The van der Waals surface area contributed by atoms with Crippen molar-refractivity contribution in [2.24, 2.45) is 0 Å². The summed E-state index contributed by atoms with van der Waals surface area (Å²) >= 11 is 0. The molecule has 4 heteroatoms. The minimum atomic E-state index is -1.05. The minimum absolute atomic E-state index is 0.0102. The van der Waals surface area contributed by atoms with E-state index in [1.54, 1.807) is 6.92 Å². The van der Waals surface area contributed by atoms with Crippen molar-refractivity contribution in [3.8, 4) is 5.75 Å². The molecule has 0 aromatic heterocycles. The van der Waals surface area contributed by atoms with E-state index in [2.05, 4.69) is 39.8 Å². The van der Waals surface area contributed by atoms with Crippen molar-refractivity contribution in [2.75, 3.05) is 6.61 Å². The molecule has 1 N–H and O–H groups in total. The molecule has 2 rings (SSSR count). The molecule has 1 aliphatic carbocycles. The predicted octanol–water partition coefficient (Wildman–Crippen LogP) is 7.11. The van der Waals surface area contributed by atoms with E-state index in [1.165, 1.54) is 23.3 Å². The van der Waals surface area contributed by atoms with Crippen LogP contribution < -0.4 is 4.74 Å². The molecule has 0 saturated carbocycles. The number of allylic oxidation sites excluding steroid dienone is 5. The lowest BCUT2D eigenvalue weighted by molar-refractivity contribution is -0.131. The number of fused-ring (bicyclic) bond motifs is 1. The Balaban J connectivity index is 2.68. The molecule has 0 atom stereocenters. The Hall–Kier alpha value is -2.36. The van der Waals surface area contributed by atoms with Crippen LogP contribution in [0.5, 0.6) is 5.75 Å². The monoisotopic (exact) mass is 414 g/mol. The average molecular weight is 415 g/mol. The molecule has 1 aliphatic rings. The lowest BCUT2D eigenvalue weighted by Crippen LogP contribution is -2.34. The first-order valence-corrected chi connectivity index (χ1v) is 10.7. The van der Waals surface area contributed by atoms with Crippen LogP contribution in [-0.2, 0) is 15.6 Å². The fraction of sp³-hybridized carbons (Fsp3) is 0.500. The van der Waals surface area contributed by atoms with Crippen molar-refractivity contribution in [1.82, 2.24) is 0 Å². The van der Waals surface area contributed by atoms with E-state index < -0.39 is 5.97 Å². The van der Waals surface area contributed by atoms with E-state index >= 15 is 4.39 Å². The zero-order chi connectivity index (χ0) is 22.7. The molecule has 1 aromatic rings. The highest BCUT2D eigenvalue weighted by Crippen LogP contribution is 2.49. The summed E-state index contributed by atoms with van der Waals surface area (Å²) in [6.07, 6.45) is 6.57. The maximum absolute atomic E-state index is 15.2. The molecular weight excluding hydrogens is 379 g/mol. The van der Waals surface area contributed by atoms with Crippen molar-refractivity contribution < 1.29 is 19.0 Å². The molecular formula is C26H35FO3. The van der Waals surface area contributed by atoms with Gasteiger partial charge in [0, 0.05) is 11.6 Å². The minimum Gasteiger partial charge on any atom is -0.493 e. The molecule has 0 radical (unpaired) electrons. The van der Waals surface area contributed by atoms with Gasteiger partial charge < -0.3 is 9.84 Å². The van der Waals surface area contributed by atoms with Gasteiger partial charge in [-0.15, -0.1) is 0 Å². The van der Waals surface area contributed by atoms with E-state index in [1.807, 2.05) is 13.8 Å². The number of carbonyl (C=O) groups is 1. The summed E-state index contributed by atoms with van der Waals surface area (Å²) in [5.41, 5.74) is 4.41. The Morgan fingerprint density at radius 2 is 1.67 bits per heavy atom. The van der Waals surface area contributed by atoms with Gasteiger partial charge in [-0.3, -0.25) is 0 Å². The number of hydrogen-bond donors (Lipinski definition) is 1. The highest BCUT2D eigenvalue weighted by molar-refractivity contribution is 5.81. The van der Waals surface area contributed by atoms with E-state index in [0.717, 1.165) is 24.5 Å². The van der Waals surface area contributed by atoms with Gasteiger partial charge in [0.25, 0.3) is 0 Å². The molecule has 0 amide bonds. The van der Waals surface area contributed by atoms with Crippen LogP contribution in [0.3, 0.4) is 0 Å². The largest absolute Gasteiger partial charge is 0.493 e. The molecule has 30 heavy (non-hydrogen) atoms. The summed E-state index contributed by atoms with van der Waals surface area (Å²) in [5.74, 6) is -0.708. The molecule has 0 saturated heterocycles. The number of halogens is 1. The normalized spacial score (nSPS) is 18.7. The predicted molar refractivity (Wildman–Crippen MR) is 122 cm³/mol. The van der Waals surface area contributed by atoms with Crippen molar-refractivity contribution in [3.63, 3.8) is 0 Å². The fourth-order valence-corrected chi connectivity index (χ4v) is 4.14. The summed E-state index contributed by atoms with van der Waals surface area (Å²) in [6.45, 7) is 15.0. The lowest BCUT2D eigenvalue weighted by Gasteiger charge is -2.42. The van der Waals surface area contributed by atoms with Gasteiger partial charge >= 0.3 is 5.97 Å². The van der Waals surface area contributed by atoms with E-state index in [4.69, 9.17) is 9.84 Å². The van der Waals surface area contributed by atoms with Crippen LogP contribution in [0.1, 0.15) is 84.4 Å². The van der Waals surface area contributed by atoms with Crippen LogP contribution in [0.4, 0.5) is 4.39 Å². The van der Waals surface area contributed by atoms with Gasteiger partial charge in [-0.05, 0) is 84.4 Å². The molecule has 0 bridgehead atoms. The third-order valence-electron chi connectivity index (χ3n) is 6.06. The zero-order valence-corrected chi connectivity index (χ0v) is 19.4. The van der Waals surface area contributed by atoms with Gasteiger partial charge in [0.2, 0.25) is 0 Å². The molecule has 3 nitrogen and oxygen atoms in total. The van der Waals surface area contributed by atoms with Gasteiger partial charge in [0.05, 0.1) is 6.61 Å². The average Bonchev–Trinajstić information content (AvgIpc) is 2.65. The standard InChI is InChI=1S/C26H35FO3/c1-8-18(22(27)11-10-17(3)14-24(28)29)19-15-20-21(16-23(19)30-9-2)26(6,7)13-12-25(20,4)5/h10-11,14-16H,8-9,12-13H2,1-7H3,(H,28,29). The molecule has 1 aromatic carbocycles. The van der Waals surface area contributed by atoms with Crippen LogP contribution in [0.15, 0.2) is 41.8 Å². The second-order valence-electron chi connectivity index (χ2n) is 9.33. The number of ether oxygens (including phenoxy) is 1. The first-order chi connectivity index (χ1) is 13.9. The second-order valence-corrected chi connectivity index (χ2v) is 9.33. The number of aliphatic carboxylic acids is 1. The van der Waals surface area contributed by atoms with Crippen LogP contribution in [0.2, 0.25) is 0 Å². The van der Waals surface area contributed by atoms with Gasteiger partial charge in [-0.1, -0.05) is 40.7 Å². The van der Waals surface area contributed by atoms with Crippen molar-refractivity contribution in [1.29, 1.82) is 0 Å². The fourth-order valence-electron chi connectivity index (χ4n) is 4.14. The van der Waals surface area contributed by atoms with E-state index in [-0.39, 0.29) is 16.7 Å². The summed E-state index contributed by atoms with van der Waals surface area (Å²) in [5, 5.41) is 8.85. The number of hydrogen-bond acceptors (Lipinski definition) is 2. The van der Waals surface area contributed by atoms with Crippen LogP contribution in [0.25, 0.3) is 5.57 Å². The Bertz CT molecular complexity index is 901. The van der Waals surface area contributed by atoms with E-state index in [9.17, 15) is 4.79 Å². The number of carboxylic acids is 1. The SMILES string of the molecule is CCOc1cc2c(cc1C(CC)=C(F)C=CC(C)=CC(=O)O)C(C)(C)CCC2(C)C. The molecule has 0 heterocycles. The Morgan fingerprint density at radius 1 is 1.10 bits per heavy atom. The zero-order valence-electron chi connectivity index (χ0n) is 19.4. The number of rotatable bonds is 7. The number of benzene rings is 1. The first-order valence-electron chi connectivity index (χ1n) is 10.7. The van der Waals surface area contributed by atoms with Crippen LogP contribution >= 0.6 is 0 Å². The first kappa shape index (κ1) is 23.9. The van der Waals surface area contributed by atoms with E-state index in [0.29, 0.717) is 29.9 Å². The molecule has 0 fully saturated rings. The lowest BCUT2D eigenvalue weighted by atomic mass is 9.62.